The van der Waals surface area contributed by atoms with E-state index in [1.54, 1.807) is 7.11 Å². The summed E-state index contributed by atoms with van der Waals surface area (Å²) in [6, 6.07) is 16.2. The maximum absolute atomic E-state index is 5.39. The van der Waals surface area contributed by atoms with E-state index in [1.807, 2.05) is 24.3 Å². The first-order valence-corrected chi connectivity index (χ1v) is 6.57. The van der Waals surface area contributed by atoms with E-state index in [0.29, 0.717) is 0 Å². The lowest BCUT2D eigenvalue weighted by molar-refractivity contribution is 0.414. The van der Waals surface area contributed by atoms with Crippen LogP contribution in [0.5, 0.6) is 5.75 Å². The summed E-state index contributed by atoms with van der Waals surface area (Å²) in [5.74, 6) is 0.817. The molecule has 98 valence electrons. The van der Waals surface area contributed by atoms with E-state index in [0.717, 1.165) is 22.8 Å². The third-order valence-corrected chi connectivity index (χ3v) is 3.25. The molecule has 0 heterocycles. The normalized spacial score (nSPS) is 10.0. The molecule has 0 saturated heterocycles. The third-order valence-electron chi connectivity index (χ3n) is 2.87. The number of methoxy groups -OCH3 is 1. The van der Waals surface area contributed by atoms with Gasteiger partial charge in [-0.3, -0.25) is 0 Å². The fourth-order valence-corrected chi connectivity index (χ4v) is 2.07. The lowest BCUT2D eigenvalue weighted by Crippen LogP contribution is -2.21. The summed E-state index contributed by atoms with van der Waals surface area (Å²) < 4.78 is 5.20. The lowest BCUT2D eigenvalue weighted by Gasteiger charge is -2.09. The standard InChI is InChI=1S/C16H17NOS/c1-12-5-3-6-13(9-12)11-17-16(19)14-7-4-8-15(10-14)18-2/h3-10H,11H2,1-2H3,(H,17,19). The molecule has 0 radical (unpaired) electrons. The Morgan fingerprint density at radius 1 is 1.16 bits per heavy atom. The molecule has 0 spiro atoms. The Balaban J connectivity index is 2.01. The minimum absolute atomic E-state index is 0.734. The summed E-state index contributed by atoms with van der Waals surface area (Å²) in [5.41, 5.74) is 3.46. The Morgan fingerprint density at radius 2 is 1.95 bits per heavy atom. The van der Waals surface area contributed by atoms with Crippen LogP contribution in [0.1, 0.15) is 16.7 Å². The number of nitrogens with one attached hydrogen (secondary N) is 1. The summed E-state index contributed by atoms with van der Waals surface area (Å²) in [4.78, 5) is 0.736. The number of hydrogen-bond donors (Lipinski definition) is 1. The van der Waals surface area contributed by atoms with Gasteiger partial charge in [0.05, 0.1) is 7.11 Å². The first kappa shape index (κ1) is 13.6. The highest BCUT2D eigenvalue weighted by Crippen LogP contribution is 2.13. The van der Waals surface area contributed by atoms with Gasteiger partial charge in [0, 0.05) is 12.1 Å². The van der Waals surface area contributed by atoms with Crippen molar-refractivity contribution in [3.05, 3.63) is 65.2 Å². The summed E-state index contributed by atoms with van der Waals surface area (Å²) in [7, 11) is 1.66. The van der Waals surface area contributed by atoms with Gasteiger partial charge in [0.25, 0.3) is 0 Å². The van der Waals surface area contributed by atoms with Crippen molar-refractivity contribution in [1.29, 1.82) is 0 Å². The van der Waals surface area contributed by atoms with E-state index < -0.39 is 0 Å². The van der Waals surface area contributed by atoms with Crippen LogP contribution in [0.15, 0.2) is 48.5 Å². The molecule has 0 saturated carbocycles. The molecule has 0 atom stereocenters. The first-order valence-electron chi connectivity index (χ1n) is 6.17. The molecule has 2 aromatic rings. The van der Waals surface area contributed by atoms with E-state index >= 15 is 0 Å². The van der Waals surface area contributed by atoms with Gasteiger partial charge in [-0.25, -0.2) is 0 Å². The van der Waals surface area contributed by atoms with Crippen molar-refractivity contribution in [2.75, 3.05) is 7.11 Å². The van der Waals surface area contributed by atoms with Gasteiger partial charge in [-0.2, -0.15) is 0 Å². The third kappa shape index (κ3) is 3.80. The van der Waals surface area contributed by atoms with Gasteiger partial charge in [0.2, 0.25) is 0 Å². The summed E-state index contributed by atoms with van der Waals surface area (Å²) in [5, 5.41) is 3.27. The fourth-order valence-electron chi connectivity index (χ4n) is 1.87. The quantitative estimate of drug-likeness (QED) is 0.860. The van der Waals surface area contributed by atoms with Crippen molar-refractivity contribution in [3.8, 4) is 5.75 Å². The predicted molar refractivity (Wildman–Crippen MR) is 82.7 cm³/mol. The van der Waals surface area contributed by atoms with Gasteiger partial charge in [-0.1, -0.05) is 54.2 Å². The highest BCUT2D eigenvalue weighted by molar-refractivity contribution is 7.80. The molecule has 2 aromatic carbocycles. The molecular formula is C16H17NOS. The monoisotopic (exact) mass is 271 g/mol. The minimum Gasteiger partial charge on any atom is -0.497 e. The largest absolute Gasteiger partial charge is 0.497 e. The van der Waals surface area contributed by atoms with Crippen LogP contribution in [0, 0.1) is 6.92 Å². The second-order valence-electron chi connectivity index (χ2n) is 4.40. The lowest BCUT2D eigenvalue weighted by atomic mass is 10.1. The molecule has 0 bridgehead atoms. The molecule has 19 heavy (non-hydrogen) atoms. The zero-order valence-electron chi connectivity index (χ0n) is 11.1. The van der Waals surface area contributed by atoms with Gasteiger partial charge in [-0.05, 0) is 24.6 Å². The van der Waals surface area contributed by atoms with Gasteiger partial charge in [-0.15, -0.1) is 0 Å². The van der Waals surface area contributed by atoms with Crippen LogP contribution in [0.4, 0.5) is 0 Å². The average Bonchev–Trinajstić information content (AvgIpc) is 2.45. The maximum Gasteiger partial charge on any atom is 0.119 e. The van der Waals surface area contributed by atoms with Crippen molar-refractivity contribution in [1.82, 2.24) is 5.32 Å². The Morgan fingerprint density at radius 3 is 2.68 bits per heavy atom. The second kappa shape index (κ2) is 6.34. The summed E-state index contributed by atoms with van der Waals surface area (Å²) in [6.07, 6.45) is 0. The van der Waals surface area contributed by atoms with Crippen molar-refractivity contribution in [2.24, 2.45) is 0 Å². The van der Waals surface area contributed by atoms with E-state index in [2.05, 4.69) is 36.5 Å². The van der Waals surface area contributed by atoms with Crippen LogP contribution in [-0.2, 0) is 6.54 Å². The zero-order chi connectivity index (χ0) is 13.7. The molecule has 0 fully saturated rings. The fraction of sp³-hybridized carbons (Fsp3) is 0.188. The highest BCUT2D eigenvalue weighted by atomic mass is 32.1. The molecule has 2 rings (SSSR count). The highest BCUT2D eigenvalue weighted by Gasteiger charge is 2.02. The second-order valence-corrected chi connectivity index (χ2v) is 4.81. The molecule has 0 amide bonds. The molecule has 0 unspecified atom stereocenters. The number of thiocarbonyl (C=S) groups is 1. The van der Waals surface area contributed by atoms with Crippen LogP contribution >= 0.6 is 12.2 Å². The summed E-state index contributed by atoms with van der Waals surface area (Å²) in [6.45, 7) is 2.82. The number of benzene rings is 2. The maximum atomic E-state index is 5.39. The van der Waals surface area contributed by atoms with Crippen LogP contribution in [0.25, 0.3) is 0 Å². The first-order chi connectivity index (χ1) is 9.19. The van der Waals surface area contributed by atoms with Crippen molar-refractivity contribution in [3.63, 3.8) is 0 Å². The number of rotatable bonds is 4. The molecular weight excluding hydrogens is 254 g/mol. The van der Waals surface area contributed by atoms with Gasteiger partial charge in [0.1, 0.15) is 10.7 Å². The zero-order valence-corrected chi connectivity index (χ0v) is 12.0. The Hall–Kier alpha value is -1.87. The number of hydrogen-bond acceptors (Lipinski definition) is 2. The van der Waals surface area contributed by atoms with Crippen LogP contribution < -0.4 is 10.1 Å². The van der Waals surface area contributed by atoms with Crippen LogP contribution in [0.3, 0.4) is 0 Å². The molecule has 2 nitrogen and oxygen atoms in total. The Kier molecular flexibility index (Phi) is 4.53. The average molecular weight is 271 g/mol. The van der Waals surface area contributed by atoms with E-state index in [1.165, 1.54) is 11.1 Å². The van der Waals surface area contributed by atoms with Crippen molar-refractivity contribution >= 4 is 17.2 Å². The molecule has 0 aliphatic rings. The Labute approximate surface area is 119 Å². The number of ether oxygens (including phenoxy) is 1. The van der Waals surface area contributed by atoms with Gasteiger partial charge >= 0.3 is 0 Å². The van der Waals surface area contributed by atoms with Crippen LogP contribution in [-0.4, -0.2) is 12.1 Å². The SMILES string of the molecule is COc1cccc(C(=S)NCc2cccc(C)c2)c1. The molecule has 0 aromatic heterocycles. The minimum atomic E-state index is 0.734. The van der Waals surface area contributed by atoms with E-state index in [-0.39, 0.29) is 0 Å². The number of aryl methyl sites for hydroxylation is 1. The van der Waals surface area contributed by atoms with E-state index in [4.69, 9.17) is 17.0 Å². The summed E-state index contributed by atoms with van der Waals surface area (Å²) >= 11 is 5.39. The predicted octanol–water partition coefficient (Wildman–Crippen LogP) is 3.47. The molecule has 3 heteroatoms. The molecule has 0 aliphatic heterocycles. The molecule has 1 N–H and O–H groups in total. The Bertz CT molecular complexity index is 580. The van der Waals surface area contributed by atoms with Crippen molar-refractivity contribution in [2.45, 2.75) is 13.5 Å². The van der Waals surface area contributed by atoms with Crippen LogP contribution in [0.2, 0.25) is 0 Å². The topological polar surface area (TPSA) is 21.3 Å². The smallest absolute Gasteiger partial charge is 0.119 e. The van der Waals surface area contributed by atoms with Crippen molar-refractivity contribution < 1.29 is 4.74 Å². The van der Waals surface area contributed by atoms with Gasteiger partial charge < -0.3 is 10.1 Å². The van der Waals surface area contributed by atoms with E-state index in [9.17, 15) is 0 Å². The molecule has 0 aliphatic carbocycles. The van der Waals surface area contributed by atoms with Gasteiger partial charge in [0.15, 0.2) is 0 Å².